The van der Waals surface area contributed by atoms with Crippen LogP contribution < -0.4 is 5.73 Å². The number of benzene rings is 2. The summed E-state index contributed by atoms with van der Waals surface area (Å²) in [6.07, 6.45) is 2.01. The summed E-state index contributed by atoms with van der Waals surface area (Å²) in [6.45, 7) is 2.09. The summed E-state index contributed by atoms with van der Waals surface area (Å²) < 4.78 is 13.0. The van der Waals surface area contributed by atoms with Crippen molar-refractivity contribution in [3.05, 3.63) is 53.3 Å². The van der Waals surface area contributed by atoms with Gasteiger partial charge in [0.05, 0.1) is 0 Å². The Kier molecular flexibility index (Phi) is 7.68. The molecule has 0 spiro atoms. The third-order valence-electron chi connectivity index (χ3n) is 3.95. The Balaban J connectivity index is 0.00000132. The number of fused-ring (bicyclic) bond motifs is 1. The number of nitrogens with two attached hydrogens (primary N) is 1. The van der Waals surface area contributed by atoms with E-state index in [9.17, 15) is 4.39 Å². The van der Waals surface area contributed by atoms with Gasteiger partial charge in [0.25, 0.3) is 0 Å². The highest BCUT2D eigenvalue weighted by molar-refractivity contribution is 7.99. The van der Waals surface area contributed by atoms with Crippen LogP contribution in [0.15, 0.2) is 46.2 Å². The van der Waals surface area contributed by atoms with Crippen molar-refractivity contribution >= 4 is 42.3 Å². The van der Waals surface area contributed by atoms with Crippen molar-refractivity contribution in [3.63, 3.8) is 0 Å². The Morgan fingerprint density at radius 2 is 1.57 bits per heavy atom. The molecule has 126 valence electrons. The minimum Gasteiger partial charge on any atom is -0.398 e. The highest BCUT2D eigenvalue weighted by Crippen LogP contribution is 2.35. The van der Waals surface area contributed by atoms with Gasteiger partial charge in [0.2, 0.25) is 0 Å². The second-order valence-electron chi connectivity index (χ2n) is 5.47. The number of hydrogen-bond donors (Lipinski definition) is 1. The van der Waals surface area contributed by atoms with Crippen molar-refractivity contribution in [2.24, 2.45) is 0 Å². The maximum Gasteiger partial charge on any atom is 0.123 e. The number of rotatable bonds is 2. The van der Waals surface area contributed by atoms with Crippen LogP contribution in [0.3, 0.4) is 0 Å². The fourth-order valence-corrected chi connectivity index (χ4v) is 3.71. The average molecular weight is 375 g/mol. The highest BCUT2D eigenvalue weighted by atomic mass is 35.5. The molecule has 0 atom stereocenters. The molecule has 3 rings (SSSR count). The van der Waals surface area contributed by atoms with Crippen molar-refractivity contribution in [2.45, 2.75) is 22.6 Å². The van der Waals surface area contributed by atoms with Gasteiger partial charge in [0.1, 0.15) is 5.82 Å². The molecule has 23 heavy (non-hydrogen) atoms. The lowest BCUT2D eigenvalue weighted by atomic mass is 10.0. The second-order valence-corrected chi connectivity index (χ2v) is 6.58. The Bertz CT molecular complexity index is 650. The average Bonchev–Trinajstić information content (AvgIpc) is 2.67. The van der Waals surface area contributed by atoms with E-state index >= 15 is 0 Å². The normalized spacial score (nSPS) is 14.2. The quantitative estimate of drug-likeness (QED) is 0.788. The summed E-state index contributed by atoms with van der Waals surface area (Å²) in [5.41, 5.74) is 9.69. The topological polar surface area (TPSA) is 29.3 Å². The molecule has 0 radical (unpaired) electrons. The molecule has 0 aliphatic carbocycles. The summed E-state index contributed by atoms with van der Waals surface area (Å²) in [5.74, 6) is -0.197. The summed E-state index contributed by atoms with van der Waals surface area (Å²) >= 11 is 1.69. The van der Waals surface area contributed by atoms with Gasteiger partial charge in [-0.2, -0.15) is 0 Å². The van der Waals surface area contributed by atoms with Gasteiger partial charge < -0.3 is 10.6 Å². The van der Waals surface area contributed by atoms with E-state index in [-0.39, 0.29) is 30.6 Å². The van der Waals surface area contributed by atoms with Crippen LogP contribution in [0.25, 0.3) is 0 Å². The van der Waals surface area contributed by atoms with E-state index < -0.39 is 0 Å². The summed E-state index contributed by atoms with van der Waals surface area (Å²) in [5, 5.41) is 0. The third-order valence-corrected chi connectivity index (χ3v) is 5.06. The lowest BCUT2D eigenvalue weighted by Gasteiger charge is -2.14. The van der Waals surface area contributed by atoms with E-state index in [4.69, 9.17) is 5.73 Å². The van der Waals surface area contributed by atoms with Crippen molar-refractivity contribution in [2.75, 3.05) is 25.9 Å². The van der Waals surface area contributed by atoms with Crippen LogP contribution in [-0.4, -0.2) is 25.0 Å². The number of nitrogens with zero attached hydrogens (tertiary/aromatic N) is 1. The number of anilines is 1. The van der Waals surface area contributed by atoms with Crippen LogP contribution >= 0.6 is 36.6 Å². The van der Waals surface area contributed by atoms with Crippen LogP contribution in [0.5, 0.6) is 0 Å². The molecule has 2 aromatic rings. The van der Waals surface area contributed by atoms with Crippen molar-refractivity contribution in [3.8, 4) is 0 Å². The Hall–Kier alpha value is -0.940. The fourth-order valence-electron chi connectivity index (χ4n) is 2.70. The molecule has 0 saturated carbocycles. The molecule has 0 amide bonds. The Labute approximate surface area is 153 Å². The molecule has 0 unspecified atom stereocenters. The molecule has 0 saturated heterocycles. The van der Waals surface area contributed by atoms with Crippen LogP contribution in [0, 0.1) is 5.82 Å². The predicted octanol–water partition coefficient (Wildman–Crippen LogP) is 4.43. The third kappa shape index (κ3) is 4.77. The first-order valence-electron chi connectivity index (χ1n) is 7.15. The van der Waals surface area contributed by atoms with Crippen molar-refractivity contribution in [1.82, 2.24) is 4.90 Å². The highest BCUT2D eigenvalue weighted by Gasteiger charge is 2.17. The maximum absolute atomic E-state index is 13.0. The number of halogens is 3. The fraction of sp³-hybridized carbons (Fsp3) is 0.294. The van der Waals surface area contributed by atoms with E-state index in [1.807, 2.05) is 18.2 Å². The van der Waals surface area contributed by atoms with Gasteiger partial charge in [-0.05, 0) is 67.4 Å². The van der Waals surface area contributed by atoms with Crippen LogP contribution in [0.2, 0.25) is 0 Å². The van der Waals surface area contributed by atoms with E-state index in [0.29, 0.717) is 0 Å². The molecule has 1 aliphatic rings. The van der Waals surface area contributed by atoms with E-state index in [1.165, 1.54) is 28.2 Å². The summed E-state index contributed by atoms with van der Waals surface area (Å²) in [6, 6.07) is 10.7. The zero-order valence-electron chi connectivity index (χ0n) is 12.9. The molecular formula is C17H21Cl2FN2S. The second kappa shape index (κ2) is 8.78. The number of likely N-dealkylation sites (N-methyl/N-ethyl adjacent to an activating group) is 1. The Morgan fingerprint density at radius 3 is 2.22 bits per heavy atom. The molecule has 2 nitrogen and oxygen atoms in total. The van der Waals surface area contributed by atoms with E-state index in [0.717, 1.165) is 36.5 Å². The van der Waals surface area contributed by atoms with Gasteiger partial charge in [0.15, 0.2) is 0 Å². The Morgan fingerprint density at radius 1 is 0.957 bits per heavy atom. The largest absolute Gasteiger partial charge is 0.398 e. The number of nitrogen functional groups attached to an aromatic ring is 1. The molecule has 0 fully saturated rings. The zero-order valence-corrected chi connectivity index (χ0v) is 15.4. The van der Waals surface area contributed by atoms with Gasteiger partial charge in [-0.15, -0.1) is 24.8 Å². The zero-order chi connectivity index (χ0) is 14.8. The smallest absolute Gasteiger partial charge is 0.123 e. The molecule has 0 bridgehead atoms. The molecular weight excluding hydrogens is 354 g/mol. The van der Waals surface area contributed by atoms with Crippen molar-refractivity contribution in [1.29, 1.82) is 0 Å². The van der Waals surface area contributed by atoms with Crippen molar-refractivity contribution < 1.29 is 4.39 Å². The molecule has 0 aromatic heterocycles. The van der Waals surface area contributed by atoms with Gasteiger partial charge in [-0.1, -0.05) is 11.8 Å². The van der Waals surface area contributed by atoms with Gasteiger partial charge >= 0.3 is 0 Å². The lowest BCUT2D eigenvalue weighted by molar-refractivity contribution is 0.352. The molecule has 2 N–H and O–H groups in total. The monoisotopic (exact) mass is 374 g/mol. The minimum absolute atomic E-state index is 0. The van der Waals surface area contributed by atoms with Gasteiger partial charge in [-0.3, -0.25) is 0 Å². The predicted molar refractivity (Wildman–Crippen MR) is 101 cm³/mol. The first-order chi connectivity index (χ1) is 10.1. The molecule has 6 heteroatoms. The van der Waals surface area contributed by atoms with E-state index in [2.05, 4.69) is 18.0 Å². The van der Waals surface area contributed by atoms with E-state index in [1.54, 1.807) is 11.8 Å². The number of hydrogen-bond acceptors (Lipinski definition) is 3. The van der Waals surface area contributed by atoms with Gasteiger partial charge in [0, 0.05) is 28.6 Å². The lowest BCUT2D eigenvalue weighted by Crippen LogP contribution is -2.20. The van der Waals surface area contributed by atoms with Gasteiger partial charge in [-0.25, -0.2) is 4.39 Å². The van der Waals surface area contributed by atoms with Crippen LogP contribution in [-0.2, 0) is 12.8 Å². The minimum atomic E-state index is -0.197. The van der Waals surface area contributed by atoms with Crippen LogP contribution in [0.1, 0.15) is 11.1 Å². The molecule has 2 aromatic carbocycles. The summed E-state index contributed by atoms with van der Waals surface area (Å²) in [7, 11) is 2.15. The first-order valence-corrected chi connectivity index (χ1v) is 7.97. The first kappa shape index (κ1) is 20.1. The molecule has 1 heterocycles. The maximum atomic E-state index is 13.0. The SMILES string of the molecule is CN1CCc2c(N)ccc(Sc3ccc(F)cc3)c2CC1.Cl.Cl. The standard InChI is InChI=1S/C17H19FN2S.2ClH/c1-20-10-8-14-15(9-11-20)17(7-6-16(14)19)21-13-4-2-12(18)3-5-13;;/h2-7H,8-11,19H2,1H3;2*1H. The van der Waals surface area contributed by atoms with Crippen LogP contribution in [0.4, 0.5) is 10.1 Å². The molecule has 1 aliphatic heterocycles. The summed E-state index contributed by atoms with van der Waals surface area (Å²) in [4.78, 5) is 4.63.